The highest BCUT2D eigenvalue weighted by atomic mass is 31.2. The number of aliphatic hydroxyl groups is 1. The Morgan fingerprint density at radius 2 is 2.12 bits per heavy atom. The van der Waals surface area contributed by atoms with Crippen molar-refractivity contribution in [2.45, 2.75) is 70.3 Å². The summed E-state index contributed by atoms with van der Waals surface area (Å²) in [5, 5.41) is 12.9. The molecule has 1 amide bonds. The van der Waals surface area contributed by atoms with E-state index in [-0.39, 0.29) is 17.9 Å². The van der Waals surface area contributed by atoms with Gasteiger partial charge in [0.1, 0.15) is 17.9 Å². The molecule has 1 aliphatic rings. The van der Waals surface area contributed by atoms with Gasteiger partial charge in [0.15, 0.2) is 0 Å². The minimum Gasteiger partial charge on any atom is -0.390 e. The quantitative estimate of drug-likeness (QED) is 0.165. The lowest BCUT2D eigenvalue weighted by Crippen LogP contribution is -2.33. The molecule has 0 aromatic carbocycles. The number of phosphoric ester groups is 1. The number of carbonyl (C=O) groups is 1. The number of aliphatic hydroxyl groups excluding tert-OH is 1. The Morgan fingerprint density at radius 1 is 1.36 bits per heavy atom. The van der Waals surface area contributed by atoms with Crippen LogP contribution in [0.15, 0.2) is 15.8 Å². The molecule has 33 heavy (non-hydrogen) atoms. The maximum absolute atomic E-state index is 12.2. The predicted molar refractivity (Wildman–Crippen MR) is 117 cm³/mol. The number of rotatable bonds is 11. The van der Waals surface area contributed by atoms with E-state index in [0.29, 0.717) is 32.2 Å². The number of aromatic amines is 1. The first kappa shape index (κ1) is 27.0. The van der Waals surface area contributed by atoms with E-state index < -0.39 is 44.1 Å². The van der Waals surface area contributed by atoms with Crippen molar-refractivity contribution >= 4 is 13.7 Å². The van der Waals surface area contributed by atoms with Crippen LogP contribution in [0.25, 0.3) is 0 Å². The number of phosphoric acid groups is 1. The van der Waals surface area contributed by atoms with Crippen molar-refractivity contribution in [3.63, 3.8) is 0 Å². The molecule has 2 heterocycles. The molecule has 3 atom stereocenters. The molecule has 0 aliphatic carbocycles. The van der Waals surface area contributed by atoms with E-state index in [9.17, 15) is 24.1 Å². The summed E-state index contributed by atoms with van der Waals surface area (Å²) in [5.41, 5.74) is -1.41. The highest BCUT2D eigenvalue weighted by Gasteiger charge is 2.37. The number of hydrogen-bond donors (Lipinski definition) is 5. The number of unbranched alkanes of at least 4 members (excludes halogenated alkanes) is 3. The highest BCUT2D eigenvalue weighted by Crippen LogP contribution is 2.38. The number of ether oxygens (including phenoxy) is 1. The van der Waals surface area contributed by atoms with Gasteiger partial charge < -0.3 is 24.9 Å². The van der Waals surface area contributed by atoms with Gasteiger partial charge in [-0.05, 0) is 19.3 Å². The summed E-state index contributed by atoms with van der Waals surface area (Å²) in [5.74, 6) is 5.55. The van der Waals surface area contributed by atoms with Crippen LogP contribution in [0.3, 0.4) is 0 Å². The number of H-pyrrole nitrogens is 1. The third kappa shape index (κ3) is 9.25. The normalized spacial score (nSPS) is 20.3. The molecule has 1 fully saturated rings. The average Bonchev–Trinajstić information content (AvgIpc) is 3.10. The lowest BCUT2D eigenvalue weighted by Gasteiger charge is -2.16. The molecule has 0 unspecified atom stereocenters. The zero-order valence-corrected chi connectivity index (χ0v) is 19.3. The molecule has 1 aromatic heterocycles. The van der Waals surface area contributed by atoms with Gasteiger partial charge in [-0.25, -0.2) is 9.36 Å². The van der Waals surface area contributed by atoms with Gasteiger partial charge in [-0.1, -0.05) is 25.2 Å². The van der Waals surface area contributed by atoms with Crippen molar-refractivity contribution in [3.05, 3.63) is 32.6 Å². The van der Waals surface area contributed by atoms with Crippen LogP contribution >= 0.6 is 7.82 Å². The fraction of sp³-hybridized carbons (Fsp3) is 0.650. The van der Waals surface area contributed by atoms with E-state index in [1.807, 2.05) is 6.92 Å². The van der Waals surface area contributed by atoms with Gasteiger partial charge >= 0.3 is 13.5 Å². The molecular formula is C20H30N3O9P. The molecule has 0 spiro atoms. The zero-order valence-electron chi connectivity index (χ0n) is 18.4. The first-order chi connectivity index (χ1) is 15.6. The first-order valence-corrected chi connectivity index (χ1v) is 12.3. The molecule has 1 aliphatic heterocycles. The minimum atomic E-state index is -4.74. The lowest BCUT2D eigenvalue weighted by atomic mass is 10.2. The van der Waals surface area contributed by atoms with Crippen LogP contribution in [-0.4, -0.2) is 55.7 Å². The number of amides is 1. The molecule has 0 bridgehead atoms. The van der Waals surface area contributed by atoms with Gasteiger partial charge in [-0.3, -0.25) is 23.7 Å². The monoisotopic (exact) mass is 487 g/mol. The summed E-state index contributed by atoms with van der Waals surface area (Å²) >= 11 is 0. The number of nitrogens with one attached hydrogen (secondary N) is 2. The van der Waals surface area contributed by atoms with Gasteiger partial charge in [-0.15, -0.1) is 0 Å². The van der Waals surface area contributed by atoms with Crippen LogP contribution in [0.2, 0.25) is 0 Å². The van der Waals surface area contributed by atoms with E-state index in [2.05, 4.69) is 26.7 Å². The number of hydrogen-bond acceptors (Lipinski definition) is 7. The molecule has 5 N–H and O–H groups in total. The second-order valence-electron chi connectivity index (χ2n) is 7.64. The maximum atomic E-state index is 12.2. The van der Waals surface area contributed by atoms with Crippen molar-refractivity contribution in [2.24, 2.45) is 0 Å². The highest BCUT2D eigenvalue weighted by molar-refractivity contribution is 7.46. The van der Waals surface area contributed by atoms with Crippen LogP contribution < -0.4 is 16.6 Å². The van der Waals surface area contributed by atoms with Crippen molar-refractivity contribution in [1.29, 1.82) is 0 Å². The van der Waals surface area contributed by atoms with E-state index in [4.69, 9.17) is 14.5 Å². The summed E-state index contributed by atoms with van der Waals surface area (Å²) in [6.45, 7) is 2.16. The Bertz CT molecular complexity index is 1020. The summed E-state index contributed by atoms with van der Waals surface area (Å²) < 4.78 is 21.7. The van der Waals surface area contributed by atoms with Gasteiger partial charge in [-0.2, -0.15) is 0 Å². The number of carbonyl (C=O) groups excluding carboxylic acids is 1. The van der Waals surface area contributed by atoms with Crippen molar-refractivity contribution < 1.29 is 33.5 Å². The van der Waals surface area contributed by atoms with Crippen LogP contribution in [0.5, 0.6) is 0 Å². The Labute approximate surface area is 190 Å². The fourth-order valence-electron chi connectivity index (χ4n) is 3.14. The Balaban J connectivity index is 1.93. The maximum Gasteiger partial charge on any atom is 0.469 e. The van der Waals surface area contributed by atoms with Gasteiger partial charge in [0.05, 0.1) is 12.7 Å². The SMILES string of the molecule is CCCCNC(=O)CCCCC#Cc1cn([C@H]2C[C@H](O)[C@@H](COP(=O)(O)O)O2)c(=O)[nH]c1=O. The van der Waals surface area contributed by atoms with Crippen molar-refractivity contribution in [1.82, 2.24) is 14.9 Å². The summed E-state index contributed by atoms with van der Waals surface area (Å²) in [4.78, 5) is 55.6. The number of nitrogens with zero attached hydrogens (tertiary/aromatic N) is 1. The largest absolute Gasteiger partial charge is 0.469 e. The third-order valence-electron chi connectivity index (χ3n) is 4.92. The Hall–Kier alpha value is -2.26. The second-order valence-corrected chi connectivity index (χ2v) is 8.88. The molecule has 0 saturated carbocycles. The molecular weight excluding hydrogens is 457 g/mol. The van der Waals surface area contributed by atoms with Crippen LogP contribution in [0, 0.1) is 11.8 Å². The molecule has 184 valence electrons. The third-order valence-corrected chi connectivity index (χ3v) is 5.41. The van der Waals surface area contributed by atoms with Crippen LogP contribution in [-0.2, 0) is 18.6 Å². The van der Waals surface area contributed by atoms with Crippen LogP contribution in [0.4, 0.5) is 0 Å². The van der Waals surface area contributed by atoms with Crippen LogP contribution in [0.1, 0.15) is 63.7 Å². The van der Waals surface area contributed by atoms with E-state index in [1.54, 1.807) is 0 Å². The average molecular weight is 487 g/mol. The molecule has 12 nitrogen and oxygen atoms in total. The molecule has 2 rings (SSSR count). The standard InChI is InChI=1S/C20H30N3O9P/c1-2-3-10-21-17(25)9-7-5-4-6-8-14-12-23(20(27)22-19(14)26)18-11-15(24)16(32-18)13-31-33(28,29)30/h12,15-16,18,24H,2-5,7,9-11,13H2,1H3,(H,21,25)(H,22,26,27)(H2,28,29,30)/t15-,16+,18+/m0/s1. The minimum absolute atomic E-state index is 0.00294. The molecule has 1 saturated heterocycles. The first-order valence-electron chi connectivity index (χ1n) is 10.8. The van der Waals surface area contributed by atoms with Gasteiger partial charge in [0, 0.05) is 32.0 Å². The van der Waals surface area contributed by atoms with E-state index in [1.165, 1.54) is 6.20 Å². The summed E-state index contributed by atoms with van der Waals surface area (Å²) in [6, 6.07) is 0. The molecule has 1 aromatic rings. The topological polar surface area (TPSA) is 180 Å². The smallest absolute Gasteiger partial charge is 0.390 e. The molecule has 0 radical (unpaired) electrons. The lowest BCUT2D eigenvalue weighted by molar-refractivity contribution is -0.121. The second kappa shape index (κ2) is 12.8. The fourth-order valence-corrected chi connectivity index (χ4v) is 3.49. The van der Waals surface area contributed by atoms with Gasteiger partial charge in [0.25, 0.3) is 5.56 Å². The zero-order chi connectivity index (χ0) is 24.4. The van der Waals surface area contributed by atoms with Gasteiger partial charge in [0.2, 0.25) is 5.91 Å². The number of aromatic nitrogens is 2. The summed E-state index contributed by atoms with van der Waals surface area (Å²) in [7, 11) is -4.74. The van der Waals surface area contributed by atoms with E-state index in [0.717, 1.165) is 17.4 Å². The van der Waals surface area contributed by atoms with Crippen molar-refractivity contribution in [2.75, 3.05) is 13.2 Å². The Morgan fingerprint density at radius 3 is 2.82 bits per heavy atom. The summed E-state index contributed by atoms with van der Waals surface area (Å²) in [6.07, 6.45) is 2.17. The Kier molecular flexibility index (Phi) is 10.5. The molecule has 13 heteroatoms. The van der Waals surface area contributed by atoms with Crippen molar-refractivity contribution in [3.8, 4) is 11.8 Å². The van der Waals surface area contributed by atoms with E-state index >= 15 is 0 Å². The predicted octanol–water partition coefficient (Wildman–Crippen LogP) is 0.123.